The molecule has 0 spiro atoms. The van der Waals surface area contributed by atoms with Crippen molar-refractivity contribution in [1.29, 1.82) is 0 Å². The highest BCUT2D eigenvalue weighted by atomic mass is 19.1. The van der Waals surface area contributed by atoms with Crippen molar-refractivity contribution in [2.75, 3.05) is 13.2 Å². The van der Waals surface area contributed by atoms with Gasteiger partial charge in [-0.3, -0.25) is 5.73 Å². The van der Waals surface area contributed by atoms with Crippen LogP contribution in [-0.4, -0.2) is 19.0 Å². The van der Waals surface area contributed by atoms with Gasteiger partial charge in [0.05, 0.1) is 13.2 Å². The molecule has 0 radical (unpaired) electrons. The first-order chi connectivity index (χ1) is 4.61. The van der Waals surface area contributed by atoms with Crippen molar-refractivity contribution in [3.05, 3.63) is 11.6 Å². The smallest absolute Gasteiger partial charge is 0.178 e. The molecule has 0 saturated carbocycles. The molecule has 0 fully saturated rings. The molecule has 1 atom stereocenters. The van der Waals surface area contributed by atoms with Gasteiger partial charge < -0.3 is 4.74 Å². The molecular weight excluding hydrogens is 133 g/mol. The second kappa shape index (κ2) is 2.68. The molecule has 58 valence electrons. The first-order valence-electron chi connectivity index (χ1n) is 3.36. The van der Waals surface area contributed by atoms with Gasteiger partial charge in [0.15, 0.2) is 5.79 Å². The number of hydrogen-bond donors (Lipinski definition) is 1. The molecular formula is C7H12FNO. The summed E-state index contributed by atoms with van der Waals surface area (Å²) < 4.78 is 17.9. The second-order valence-electron chi connectivity index (χ2n) is 2.63. The number of rotatable bonds is 1. The highest BCUT2D eigenvalue weighted by Gasteiger charge is 2.23. The fourth-order valence-electron chi connectivity index (χ4n) is 0.971. The van der Waals surface area contributed by atoms with Gasteiger partial charge in [0.1, 0.15) is 0 Å². The van der Waals surface area contributed by atoms with Crippen molar-refractivity contribution < 1.29 is 9.13 Å². The lowest BCUT2D eigenvalue weighted by Crippen LogP contribution is -2.34. The Morgan fingerprint density at radius 1 is 1.80 bits per heavy atom. The fraction of sp³-hybridized carbons (Fsp3) is 0.714. The molecule has 1 aliphatic heterocycles. The van der Waals surface area contributed by atoms with Crippen LogP contribution < -0.4 is 5.73 Å². The lowest BCUT2D eigenvalue weighted by Gasteiger charge is -2.21. The third-order valence-electron chi connectivity index (χ3n) is 1.59. The average molecular weight is 145 g/mol. The highest BCUT2D eigenvalue weighted by molar-refractivity contribution is 5.14. The van der Waals surface area contributed by atoms with Crippen LogP contribution in [0.5, 0.6) is 0 Å². The maximum Gasteiger partial charge on any atom is 0.178 e. The van der Waals surface area contributed by atoms with Gasteiger partial charge in [0.2, 0.25) is 0 Å². The van der Waals surface area contributed by atoms with Crippen molar-refractivity contribution in [3.8, 4) is 0 Å². The molecule has 1 aliphatic rings. The molecule has 3 heteroatoms. The van der Waals surface area contributed by atoms with Gasteiger partial charge in [-0.05, 0) is 18.9 Å². The van der Waals surface area contributed by atoms with Gasteiger partial charge in [0, 0.05) is 0 Å². The highest BCUT2D eigenvalue weighted by Crippen LogP contribution is 2.20. The van der Waals surface area contributed by atoms with E-state index in [0.717, 1.165) is 0 Å². The minimum Gasteiger partial charge on any atom is -0.377 e. The average Bonchev–Trinajstić information content (AvgIpc) is 1.88. The van der Waals surface area contributed by atoms with Crippen molar-refractivity contribution in [2.45, 2.75) is 19.1 Å². The molecule has 2 N–H and O–H groups in total. The number of alkyl halides is 1. The van der Waals surface area contributed by atoms with E-state index in [4.69, 9.17) is 10.5 Å². The van der Waals surface area contributed by atoms with Crippen LogP contribution >= 0.6 is 0 Å². The van der Waals surface area contributed by atoms with Crippen molar-refractivity contribution in [3.63, 3.8) is 0 Å². The van der Waals surface area contributed by atoms with Crippen LogP contribution in [0.15, 0.2) is 11.6 Å². The predicted molar refractivity (Wildman–Crippen MR) is 37.2 cm³/mol. The van der Waals surface area contributed by atoms with Gasteiger partial charge in [-0.2, -0.15) is 0 Å². The van der Waals surface area contributed by atoms with Crippen LogP contribution in [-0.2, 0) is 4.74 Å². The summed E-state index contributed by atoms with van der Waals surface area (Å²) in [5, 5.41) is 0. The van der Waals surface area contributed by atoms with Crippen molar-refractivity contribution in [2.24, 2.45) is 5.73 Å². The summed E-state index contributed by atoms with van der Waals surface area (Å²) in [6, 6.07) is 0. The van der Waals surface area contributed by atoms with Gasteiger partial charge in [-0.15, -0.1) is 0 Å². The molecule has 1 rings (SSSR count). The summed E-state index contributed by atoms with van der Waals surface area (Å²) in [4.78, 5) is 0. The maximum atomic E-state index is 12.9. The van der Waals surface area contributed by atoms with E-state index < -0.39 is 5.79 Å². The van der Waals surface area contributed by atoms with E-state index in [1.165, 1.54) is 6.92 Å². The van der Waals surface area contributed by atoms with E-state index in [2.05, 4.69) is 0 Å². The summed E-state index contributed by atoms with van der Waals surface area (Å²) in [5.41, 5.74) is 5.87. The summed E-state index contributed by atoms with van der Waals surface area (Å²) in [6.07, 6.45) is 2.33. The zero-order chi connectivity index (χ0) is 7.61. The first-order valence-corrected chi connectivity index (χ1v) is 3.36. The predicted octanol–water partition coefficient (Wildman–Crippen LogP) is 0.978. The summed E-state index contributed by atoms with van der Waals surface area (Å²) in [5.74, 6) is -1.65. The van der Waals surface area contributed by atoms with Crippen LogP contribution in [0.25, 0.3) is 0 Å². The first kappa shape index (κ1) is 7.69. The van der Waals surface area contributed by atoms with E-state index in [9.17, 15) is 4.39 Å². The Hall–Kier alpha value is -0.410. The minimum atomic E-state index is -1.65. The Labute approximate surface area is 59.9 Å². The molecule has 0 aromatic carbocycles. The van der Waals surface area contributed by atoms with E-state index in [0.29, 0.717) is 25.2 Å². The SMILES string of the molecule is CC(N)(F)C1=CCOCC1. The van der Waals surface area contributed by atoms with Crippen LogP contribution in [0.1, 0.15) is 13.3 Å². The Balaban J connectivity index is 2.62. The minimum absolute atomic E-state index is 0.492. The van der Waals surface area contributed by atoms with Gasteiger partial charge in [0.25, 0.3) is 0 Å². The van der Waals surface area contributed by atoms with E-state index in [1.54, 1.807) is 6.08 Å². The molecule has 0 aromatic heterocycles. The number of nitrogens with two attached hydrogens (primary N) is 1. The van der Waals surface area contributed by atoms with Gasteiger partial charge in [-0.1, -0.05) is 6.08 Å². The Kier molecular flexibility index (Phi) is 2.06. The molecule has 1 heterocycles. The van der Waals surface area contributed by atoms with Gasteiger partial charge in [-0.25, -0.2) is 4.39 Å². The van der Waals surface area contributed by atoms with Crippen LogP contribution in [0.3, 0.4) is 0 Å². The van der Waals surface area contributed by atoms with Crippen LogP contribution in [0.2, 0.25) is 0 Å². The number of halogens is 1. The molecule has 1 unspecified atom stereocenters. The van der Waals surface area contributed by atoms with Crippen molar-refractivity contribution in [1.82, 2.24) is 0 Å². The maximum absolute atomic E-state index is 12.9. The quantitative estimate of drug-likeness (QED) is 0.441. The summed E-state index contributed by atoms with van der Waals surface area (Å²) in [7, 11) is 0. The molecule has 0 amide bonds. The third-order valence-corrected chi connectivity index (χ3v) is 1.59. The topological polar surface area (TPSA) is 35.2 Å². The van der Waals surface area contributed by atoms with E-state index in [-0.39, 0.29) is 0 Å². The molecule has 2 nitrogen and oxygen atoms in total. The summed E-state index contributed by atoms with van der Waals surface area (Å²) >= 11 is 0. The lowest BCUT2D eigenvalue weighted by molar-refractivity contribution is 0.135. The third kappa shape index (κ3) is 1.78. The number of hydrogen-bond acceptors (Lipinski definition) is 2. The van der Waals surface area contributed by atoms with Crippen molar-refractivity contribution >= 4 is 0 Å². The zero-order valence-corrected chi connectivity index (χ0v) is 6.06. The van der Waals surface area contributed by atoms with E-state index >= 15 is 0 Å². The molecule has 0 saturated heterocycles. The van der Waals surface area contributed by atoms with Crippen LogP contribution in [0.4, 0.5) is 4.39 Å². The molecule has 0 aromatic rings. The Bertz CT molecular complexity index is 148. The van der Waals surface area contributed by atoms with Gasteiger partial charge >= 0.3 is 0 Å². The fourth-order valence-corrected chi connectivity index (χ4v) is 0.971. The zero-order valence-electron chi connectivity index (χ0n) is 6.06. The normalized spacial score (nSPS) is 25.3. The van der Waals surface area contributed by atoms with Crippen LogP contribution in [0, 0.1) is 0 Å². The standard InChI is InChI=1S/C7H12FNO/c1-7(8,9)6-2-4-10-5-3-6/h2H,3-5,9H2,1H3. The second-order valence-corrected chi connectivity index (χ2v) is 2.63. The molecule has 0 aliphatic carbocycles. The Morgan fingerprint density at radius 3 is 2.80 bits per heavy atom. The largest absolute Gasteiger partial charge is 0.377 e. The number of ether oxygens (including phenoxy) is 1. The summed E-state index contributed by atoms with van der Waals surface area (Å²) in [6.45, 7) is 2.44. The molecule has 0 bridgehead atoms. The molecule has 10 heavy (non-hydrogen) atoms. The Morgan fingerprint density at radius 2 is 2.50 bits per heavy atom. The lowest BCUT2D eigenvalue weighted by atomic mass is 10.0. The monoisotopic (exact) mass is 145 g/mol. The van der Waals surface area contributed by atoms with E-state index in [1.807, 2.05) is 0 Å².